The van der Waals surface area contributed by atoms with E-state index in [1.807, 2.05) is 4.90 Å². The number of piperidine rings is 1. The first kappa shape index (κ1) is 16.3. The Morgan fingerprint density at radius 3 is 2.91 bits per heavy atom. The molecule has 1 fully saturated rings. The van der Waals surface area contributed by atoms with E-state index in [1.54, 1.807) is 6.92 Å². The van der Waals surface area contributed by atoms with Crippen LogP contribution in [-0.2, 0) is 17.8 Å². The molecule has 0 bridgehead atoms. The molecule has 0 spiro atoms. The van der Waals surface area contributed by atoms with Gasteiger partial charge in [0.15, 0.2) is 0 Å². The zero-order chi connectivity index (χ0) is 16.6. The van der Waals surface area contributed by atoms with Gasteiger partial charge in [-0.3, -0.25) is 4.79 Å². The number of rotatable bonds is 3. The van der Waals surface area contributed by atoms with Gasteiger partial charge in [0.25, 0.3) is 0 Å². The fourth-order valence-electron chi connectivity index (χ4n) is 3.76. The van der Waals surface area contributed by atoms with Crippen LogP contribution in [0.4, 0.5) is 0 Å². The van der Waals surface area contributed by atoms with Crippen LogP contribution in [-0.4, -0.2) is 35.5 Å². The summed E-state index contributed by atoms with van der Waals surface area (Å²) in [6.07, 6.45) is 2.01. The Morgan fingerprint density at radius 2 is 2.22 bits per heavy atom. The monoisotopic (exact) mass is 316 g/mol. The van der Waals surface area contributed by atoms with Crippen LogP contribution >= 0.6 is 0 Å². The van der Waals surface area contributed by atoms with Crippen LogP contribution in [0.25, 0.3) is 0 Å². The molecule has 2 atom stereocenters. The molecule has 3 rings (SSSR count). The molecule has 2 heterocycles. The van der Waals surface area contributed by atoms with Crippen LogP contribution in [0.3, 0.4) is 0 Å². The Labute approximate surface area is 139 Å². The van der Waals surface area contributed by atoms with Gasteiger partial charge in [0, 0.05) is 39.0 Å². The highest BCUT2D eigenvalue weighted by atomic mass is 16.5. The number of benzene rings is 1. The van der Waals surface area contributed by atoms with Gasteiger partial charge in [0.1, 0.15) is 11.4 Å². The number of likely N-dealkylation sites (tertiary alicyclic amines) is 1. The third-order valence-electron chi connectivity index (χ3n) is 5.05. The molecule has 0 radical (unpaired) electrons. The molecule has 0 aromatic heterocycles. The summed E-state index contributed by atoms with van der Waals surface area (Å²) in [6, 6.07) is 7.00. The van der Waals surface area contributed by atoms with Crippen molar-refractivity contribution >= 4 is 5.91 Å². The molecule has 23 heavy (non-hydrogen) atoms. The molecular formula is C19H28N2O2. The van der Waals surface area contributed by atoms with Gasteiger partial charge in [-0.1, -0.05) is 19.1 Å². The topological polar surface area (TPSA) is 41.6 Å². The highest BCUT2D eigenvalue weighted by molar-refractivity contribution is 5.73. The van der Waals surface area contributed by atoms with Crippen molar-refractivity contribution < 1.29 is 9.53 Å². The van der Waals surface area contributed by atoms with Crippen LogP contribution in [0.1, 0.15) is 45.2 Å². The van der Waals surface area contributed by atoms with Crippen LogP contribution in [0.2, 0.25) is 0 Å². The van der Waals surface area contributed by atoms with Crippen molar-refractivity contribution in [3.63, 3.8) is 0 Å². The first-order valence-corrected chi connectivity index (χ1v) is 8.64. The molecular weight excluding hydrogens is 288 g/mol. The molecule has 0 unspecified atom stereocenters. The van der Waals surface area contributed by atoms with E-state index in [2.05, 4.69) is 44.3 Å². The van der Waals surface area contributed by atoms with Gasteiger partial charge in [-0.05, 0) is 43.4 Å². The summed E-state index contributed by atoms with van der Waals surface area (Å²) in [5.74, 6) is 1.71. The summed E-state index contributed by atoms with van der Waals surface area (Å²) in [6.45, 7) is 10.8. The van der Waals surface area contributed by atoms with E-state index >= 15 is 0 Å². The van der Waals surface area contributed by atoms with Crippen LogP contribution in [0.15, 0.2) is 18.2 Å². The van der Waals surface area contributed by atoms with Gasteiger partial charge < -0.3 is 15.0 Å². The summed E-state index contributed by atoms with van der Waals surface area (Å²) in [5, 5.41) is 3.68. The maximum absolute atomic E-state index is 11.5. The number of amides is 1. The molecule has 0 saturated carbocycles. The van der Waals surface area contributed by atoms with Crippen molar-refractivity contribution in [2.75, 3.05) is 13.1 Å². The van der Waals surface area contributed by atoms with Gasteiger partial charge in [0.05, 0.1) is 0 Å². The highest BCUT2D eigenvalue weighted by Crippen LogP contribution is 2.35. The molecule has 2 aliphatic heterocycles. The zero-order valence-electron chi connectivity index (χ0n) is 14.7. The number of fused-ring (bicyclic) bond motifs is 1. The minimum atomic E-state index is -0.0809. The number of ether oxygens (including phenoxy) is 1. The lowest BCUT2D eigenvalue weighted by Crippen LogP contribution is -2.49. The van der Waals surface area contributed by atoms with E-state index in [-0.39, 0.29) is 11.5 Å². The molecule has 4 heteroatoms. The molecule has 126 valence electrons. The van der Waals surface area contributed by atoms with E-state index in [0.29, 0.717) is 12.0 Å². The molecule has 1 saturated heterocycles. The third-order valence-corrected chi connectivity index (χ3v) is 5.05. The number of carbonyl (C=O) groups excluding carboxylic acids is 1. The standard InChI is InChI=1S/C19H28N2O2/c1-13-12-21(14(2)22)8-7-17(13)20-11-15-5-6-18-16(9-15)10-19(3,4)23-18/h5-6,9,13,17,20H,7-8,10-12H2,1-4H3/t13-,17-/m0/s1. The number of hydrogen-bond donors (Lipinski definition) is 1. The van der Waals surface area contributed by atoms with Crippen molar-refractivity contribution in [1.29, 1.82) is 0 Å². The largest absolute Gasteiger partial charge is 0.487 e. The second-order valence-corrected chi connectivity index (χ2v) is 7.70. The maximum atomic E-state index is 11.5. The van der Waals surface area contributed by atoms with Gasteiger partial charge in [-0.25, -0.2) is 0 Å². The predicted molar refractivity (Wildman–Crippen MR) is 91.5 cm³/mol. The summed E-state index contributed by atoms with van der Waals surface area (Å²) in [5.41, 5.74) is 2.54. The summed E-state index contributed by atoms with van der Waals surface area (Å²) >= 11 is 0. The van der Waals surface area contributed by atoms with Crippen LogP contribution in [0.5, 0.6) is 5.75 Å². The molecule has 4 nitrogen and oxygen atoms in total. The number of hydrogen-bond acceptors (Lipinski definition) is 3. The molecule has 2 aliphatic rings. The Hall–Kier alpha value is -1.55. The molecule has 1 aromatic carbocycles. The zero-order valence-corrected chi connectivity index (χ0v) is 14.7. The van der Waals surface area contributed by atoms with Gasteiger partial charge in [0.2, 0.25) is 5.91 Å². The Balaban J connectivity index is 1.57. The van der Waals surface area contributed by atoms with Crippen molar-refractivity contribution in [2.45, 2.75) is 58.7 Å². The van der Waals surface area contributed by atoms with E-state index in [4.69, 9.17) is 4.74 Å². The van der Waals surface area contributed by atoms with E-state index in [9.17, 15) is 4.79 Å². The average Bonchev–Trinajstić information content (AvgIpc) is 2.78. The lowest BCUT2D eigenvalue weighted by molar-refractivity contribution is -0.130. The third kappa shape index (κ3) is 3.69. The quantitative estimate of drug-likeness (QED) is 0.932. The van der Waals surface area contributed by atoms with Crippen molar-refractivity contribution in [3.05, 3.63) is 29.3 Å². The Bertz CT molecular complexity index is 597. The van der Waals surface area contributed by atoms with Crippen LogP contribution < -0.4 is 10.1 Å². The minimum absolute atomic E-state index is 0.0809. The molecule has 1 aromatic rings. The first-order valence-electron chi connectivity index (χ1n) is 8.64. The average molecular weight is 316 g/mol. The van der Waals surface area contributed by atoms with E-state index < -0.39 is 0 Å². The van der Waals surface area contributed by atoms with Crippen molar-refractivity contribution in [1.82, 2.24) is 10.2 Å². The first-order chi connectivity index (χ1) is 10.8. The van der Waals surface area contributed by atoms with Gasteiger partial charge in [-0.15, -0.1) is 0 Å². The summed E-state index contributed by atoms with van der Waals surface area (Å²) in [4.78, 5) is 13.4. The lowest BCUT2D eigenvalue weighted by Gasteiger charge is -2.37. The number of nitrogens with zero attached hydrogens (tertiary/aromatic N) is 1. The second kappa shape index (κ2) is 6.16. The SMILES string of the molecule is CC(=O)N1CC[C@H](NCc2ccc3c(c2)CC(C)(C)O3)[C@@H](C)C1. The minimum Gasteiger partial charge on any atom is -0.487 e. The predicted octanol–water partition coefficient (Wildman–Crippen LogP) is 2.75. The van der Waals surface area contributed by atoms with E-state index in [1.165, 1.54) is 11.1 Å². The Kier molecular flexibility index (Phi) is 4.37. The number of nitrogens with one attached hydrogen (secondary N) is 1. The van der Waals surface area contributed by atoms with Crippen LogP contribution in [0, 0.1) is 5.92 Å². The van der Waals surface area contributed by atoms with Gasteiger partial charge >= 0.3 is 0 Å². The summed E-state index contributed by atoms with van der Waals surface area (Å²) < 4.78 is 5.94. The van der Waals surface area contributed by atoms with Gasteiger partial charge in [-0.2, -0.15) is 0 Å². The Morgan fingerprint density at radius 1 is 1.43 bits per heavy atom. The fraction of sp³-hybridized carbons (Fsp3) is 0.632. The fourth-order valence-corrected chi connectivity index (χ4v) is 3.76. The molecule has 1 N–H and O–H groups in total. The molecule has 0 aliphatic carbocycles. The number of carbonyl (C=O) groups is 1. The summed E-state index contributed by atoms with van der Waals surface area (Å²) in [7, 11) is 0. The highest BCUT2D eigenvalue weighted by Gasteiger charge is 2.30. The second-order valence-electron chi connectivity index (χ2n) is 7.70. The maximum Gasteiger partial charge on any atom is 0.219 e. The van der Waals surface area contributed by atoms with Crippen molar-refractivity contribution in [3.8, 4) is 5.75 Å². The van der Waals surface area contributed by atoms with E-state index in [0.717, 1.165) is 38.2 Å². The van der Waals surface area contributed by atoms with Crippen molar-refractivity contribution in [2.24, 2.45) is 5.92 Å². The smallest absolute Gasteiger partial charge is 0.219 e. The molecule has 1 amide bonds. The lowest BCUT2D eigenvalue weighted by atomic mass is 9.93. The normalized spacial score (nSPS) is 25.8.